The topological polar surface area (TPSA) is 45.8 Å². The zero-order valence-electron chi connectivity index (χ0n) is 10.1. The molecule has 0 aliphatic carbocycles. The molecule has 0 N–H and O–H groups in total. The Morgan fingerprint density at radius 2 is 1.84 bits per heavy atom. The van der Waals surface area contributed by atoms with Crippen molar-refractivity contribution in [3.63, 3.8) is 0 Å². The first kappa shape index (κ1) is 11.2. The van der Waals surface area contributed by atoms with Gasteiger partial charge >= 0.3 is 0 Å². The number of pyridine rings is 1. The average molecular weight is 246 g/mol. The first-order valence-corrected chi connectivity index (χ1v) is 5.90. The summed E-state index contributed by atoms with van der Waals surface area (Å²) in [5.41, 5.74) is 1.17. The van der Waals surface area contributed by atoms with Crippen LogP contribution in [0.5, 0.6) is 0 Å². The van der Waals surface area contributed by atoms with Gasteiger partial charge in [-0.3, -0.25) is 9.36 Å². The molecule has 3 aromatic rings. The van der Waals surface area contributed by atoms with E-state index in [0.717, 1.165) is 5.39 Å². The molecule has 0 fully saturated rings. The highest BCUT2D eigenvalue weighted by atomic mass is 16.1. The predicted molar refractivity (Wildman–Crippen MR) is 74.3 cm³/mol. The fourth-order valence-corrected chi connectivity index (χ4v) is 2.12. The summed E-state index contributed by atoms with van der Waals surface area (Å²) in [7, 11) is 0. The molecule has 2 aromatic carbocycles. The van der Waals surface area contributed by atoms with Crippen LogP contribution in [0, 0.1) is 11.3 Å². The van der Waals surface area contributed by atoms with Gasteiger partial charge < -0.3 is 0 Å². The van der Waals surface area contributed by atoms with E-state index in [0.29, 0.717) is 16.6 Å². The van der Waals surface area contributed by atoms with Crippen molar-refractivity contribution in [2.75, 3.05) is 0 Å². The number of aromatic nitrogens is 1. The zero-order chi connectivity index (χ0) is 13.2. The first-order chi connectivity index (χ1) is 9.29. The van der Waals surface area contributed by atoms with E-state index in [1.54, 1.807) is 29.0 Å². The quantitative estimate of drug-likeness (QED) is 0.662. The highest BCUT2D eigenvalue weighted by Crippen LogP contribution is 2.12. The molecule has 0 unspecified atom stereocenters. The molecule has 90 valence electrons. The minimum Gasteiger partial charge on any atom is -0.284 e. The van der Waals surface area contributed by atoms with Gasteiger partial charge in [-0.15, -0.1) is 0 Å². The molecule has 0 saturated heterocycles. The molecule has 0 atom stereocenters. The molecule has 3 heteroatoms. The third kappa shape index (κ3) is 1.90. The molecule has 3 rings (SSSR count). The van der Waals surface area contributed by atoms with E-state index in [4.69, 9.17) is 5.26 Å². The van der Waals surface area contributed by atoms with Crippen molar-refractivity contribution < 1.29 is 0 Å². The Hall–Kier alpha value is -2.86. The minimum atomic E-state index is -0.0758. The maximum atomic E-state index is 12.4. The standard InChI is InChI=1S/C16H10N2O/c17-11-12-4-3-6-14(10-12)18-9-8-13-5-1-2-7-15(13)16(18)19/h1-10H. The molecule has 1 heterocycles. The molecule has 0 aliphatic heterocycles. The molecule has 0 radical (unpaired) electrons. The summed E-state index contributed by atoms with van der Waals surface area (Å²) in [5, 5.41) is 10.5. The van der Waals surface area contributed by atoms with Gasteiger partial charge in [0.05, 0.1) is 11.6 Å². The normalized spacial score (nSPS) is 10.3. The molecule has 19 heavy (non-hydrogen) atoms. The van der Waals surface area contributed by atoms with Gasteiger partial charge in [0.2, 0.25) is 0 Å². The maximum Gasteiger partial charge on any atom is 0.262 e. The Labute approximate surface area is 110 Å². The van der Waals surface area contributed by atoms with Crippen LogP contribution in [-0.4, -0.2) is 4.57 Å². The van der Waals surface area contributed by atoms with E-state index in [-0.39, 0.29) is 5.56 Å². The van der Waals surface area contributed by atoms with Crippen LogP contribution in [0.1, 0.15) is 5.56 Å². The van der Waals surface area contributed by atoms with Gasteiger partial charge in [0.1, 0.15) is 0 Å². The van der Waals surface area contributed by atoms with E-state index >= 15 is 0 Å². The van der Waals surface area contributed by atoms with E-state index in [1.807, 2.05) is 36.4 Å². The number of nitriles is 1. The molecular formula is C16H10N2O. The second-order valence-corrected chi connectivity index (χ2v) is 4.24. The Balaban J connectivity index is 2.29. The molecule has 0 saturated carbocycles. The van der Waals surface area contributed by atoms with Crippen LogP contribution in [0.25, 0.3) is 16.5 Å². The largest absolute Gasteiger partial charge is 0.284 e. The van der Waals surface area contributed by atoms with Gasteiger partial charge in [-0.25, -0.2) is 0 Å². The van der Waals surface area contributed by atoms with Crippen molar-refractivity contribution in [3.05, 3.63) is 76.7 Å². The number of fused-ring (bicyclic) bond motifs is 1. The van der Waals surface area contributed by atoms with Crippen molar-refractivity contribution in [2.24, 2.45) is 0 Å². The zero-order valence-corrected chi connectivity index (χ0v) is 10.1. The van der Waals surface area contributed by atoms with Crippen molar-refractivity contribution >= 4 is 10.8 Å². The van der Waals surface area contributed by atoms with Gasteiger partial charge in [0.25, 0.3) is 5.56 Å². The van der Waals surface area contributed by atoms with Crippen molar-refractivity contribution in [1.29, 1.82) is 5.26 Å². The smallest absolute Gasteiger partial charge is 0.262 e. The lowest BCUT2D eigenvalue weighted by Crippen LogP contribution is -2.17. The second kappa shape index (κ2) is 4.43. The molecule has 3 nitrogen and oxygen atoms in total. The van der Waals surface area contributed by atoms with Crippen LogP contribution < -0.4 is 5.56 Å². The summed E-state index contributed by atoms with van der Waals surface area (Å²) in [5.74, 6) is 0. The van der Waals surface area contributed by atoms with Gasteiger partial charge in [0.15, 0.2) is 0 Å². The number of benzene rings is 2. The minimum absolute atomic E-state index is 0.0758. The Kier molecular flexibility index (Phi) is 2.62. The van der Waals surface area contributed by atoms with Gasteiger partial charge in [-0.1, -0.05) is 24.3 Å². The summed E-state index contributed by atoms with van der Waals surface area (Å²) in [6.07, 6.45) is 1.74. The summed E-state index contributed by atoms with van der Waals surface area (Å²) >= 11 is 0. The lowest BCUT2D eigenvalue weighted by molar-refractivity contribution is 1.01. The van der Waals surface area contributed by atoms with Gasteiger partial charge in [-0.05, 0) is 35.7 Å². The highest BCUT2D eigenvalue weighted by Gasteiger charge is 2.04. The van der Waals surface area contributed by atoms with E-state index < -0.39 is 0 Å². The molecular weight excluding hydrogens is 236 g/mol. The lowest BCUT2D eigenvalue weighted by atomic mass is 10.1. The Bertz CT molecular complexity index is 856. The van der Waals surface area contributed by atoms with Crippen LogP contribution in [0.15, 0.2) is 65.6 Å². The van der Waals surface area contributed by atoms with Crippen molar-refractivity contribution in [3.8, 4) is 11.8 Å². The third-order valence-corrected chi connectivity index (χ3v) is 3.07. The third-order valence-electron chi connectivity index (χ3n) is 3.07. The summed E-state index contributed by atoms with van der Waals surface area (Å²) in [6.45, 7) is 0. The average Bonchev–Trinajstić information content (AvgIpc) is 2.48. The summed E-state index contributed by atoms with van der Waals surface area (Å²) in [6, 6.07) is 18.5. The number of nitrogens with zero attached hydrogens (tertiary/aromatic N) is 2. The number of rotatable bonds is 1. The highest BCUT2D eigenvalue weighted by molar-refractivity contribution is 5.81. The summed E-state index contributed by atoms with van der Waals surface area (Å²) < 4.78 is 1.56. The lowest BCUT2D eigenvalue weighted by Gasteiger charge is -2.07. The van der Waals surface area contributed by atoms with Crippen LogP contribution in [-0.2, 0) is 0 Å². The van der Waals surface area contributed by atoms with Crippen molar-refractivity contribution in [1.82, 2.24) is 4.57 Å². The molecule has 0 bridgehead atoms. The van der Waals surface area contributed by atoms with E-state index in [1.165, 1.54) is 0 Å². The SMILES string of the molecule is N#Cc1cccc(-n2ccc3ccccc3c2=O)c1. The molecule has 0 aliphatic rings. The van der Waals surface area contributed by atoms with Gasteiger partial charge in [-0.2, -0.15) is 5.26 Å². The molecule has 0 amide bonds. The fraction of sp³-hybridized carbons (Fsp3) is 0. The first-order valence-electron chi connectivity index (χ1n) is 5.90. The van der Waals surface area contributed by atoms with Crippen LogP contribution >= 0.6 is 0 Å². The number of hydrogen-bond donors (Lipinski definition) is 0. The Morgan fingerprint density at radius 3 is 2.68 bits per heavy atom. The second-order valence-electron chi connectivity index (χ2n) is 4.24. The van der Waals surface area contributed by atoms with E-state index in [9.17, 15) is 4.79 Å². The number of hydrogen-bond acceptors (Lipinski definition) is 2. The monoisotopic (exact) mass is 246 g/mol. The van der Waals surface area contributed by atoms with Crippen LogP contribution in [0.2, 0.25) is 0 Å². The van der Waals surface area contributed by atoms with Crippen LogP contribution in [0.3, 0.4) is 0 Å². The van der Waals surface area contributed by atoms with E-state index in [2.05, 4.69) is 6.07 Å². The van der Waals surface area contributed by atoms with Crippen molar-refractivity contribution in [2.45, 2.75) is 0 Å². The molecule has 1 aromatic heterocycles. The van der Waals surface area contributed by atoms with Crippen LogP contribution in [0.4, 0.5) is 0 Å². The van der Waals surface area contributed by atoms with Gasteiger partial charge in [0, 0.05) is 17.3 Å². The predicted octanol–water partition coefficient (Wildman–Crippen LogP) is 2.86. The molecule has 0 spiro atoms. The summed E-state index contributed by atoms with van der Waals surface area (Å²) in [4.78, 5) is 12.4. The Morgan fingerprint density at radius 1 is 1.00 bits per heavy atom. The maximum absolute atomic E-state index is 12.4. The fourth-order valence-electron chi connectivity index (χ4n) is 2.12.